The van der Waals surface area contributed by atoms with Gasteiger partial charge in [0.15, 0.2) is 11.5 Å². The maximum atomic E-state index is 12.9. The summed E-state index contributed by atoms with van der Waals surface area (Å²) in [5.41, 5.74) is 1.44. The zero-order chi connectivity index (χ0) is 20.4. The first-order valence-electron chi connectivity index (χ1n) is 9.67. The summed E-state index contributed by atoms with van der Waals surface area (Å²) < 4.78 is 18.9. The lowest BCUT2D eigenvalue weighted by Gasteiger charge is -2.33. The molecule has 1 fully saturated rings. The van der Waals surface area contributed by atoms with Gasteiger partial charge in [0.05, 0.1) is 13.5 Å². The zero-order valence-corrected chi connectivity index (χ0v) is 17.8. The summed E-state index contributed by atoms with van der Waals surface area (Å²) in [6.07, 6.45) is 3.80. The maximum absolute atomic E-state index is 12.9. The number of ether oxygens (including phenoxy) is 3. The van der Waals surface area contributed by atoms with Crippen molar-refractivity contribution >= 4 is 27.8 Å². The Morgan fingerprint density at radius 3 is 2.55 bits per heavy atom. The van der Waals surface area contributed by atoms with E-state index in [4.69, 9.17) is 14.2 Å². The van der Waals surface area contributed by atoms with Crippen molar-refractivity contribution in [2.75, 3.05) is 33.4 Å². The Kier molecular flexibility index (Phi) is 5.80. The molecular formula is C21H23BrN2O5. The molecule has 2 aromatic rings. The number of fused-ring (bicyclic) bond motifs is 1. The third-order valence-corrected chi connectivity index (χ3v) is 6.18. The molecule has 0 bridgehead atoms. The predicted octanol–water partition coefficient (Wildman–Crippen LogP) is 3.21. The van der Waals surface area contributed by atoms with Crippen LogP contribution in [0.5, 0.6) is 11.5 Å². The number of carbonyl (C=O) groups excluding carboxylic acids is 2. The summed E-state index contributed by atoms with van der Waals surface area (Å²) >= 11 is 3.54. The van der Waals surface area contributed by atoms with Crippen molar-refractivity contribution in [1.29, 1.82) is 0 Å². The van der Waals surface area contributed by atoms with Gasteiger partial charge in [-0.1, -0.05) is 15.9 Å². The number of methoxy groups -OCH3 is 1. The standard InChI is InChI=1S/C21H23BrN2O5/c1-27-21(26)17-3-2-6-24(17)15-4-7-23(8-5-15)20(25)12-14-11-18-19(13-16(14)22)29-10-9-28-18/h2-3,6,11,13,15H,4-5,7-10,12H2,1H3. The number of piperidine rings is 1. The van der Waals surface area contributed by atoms with Crippen LogP contribution in [0.25, 0.3) is 0 Å². The van der Waals surface area contributed by atoms with Crippen molar-refractivity contribution in [2.24, 2.45) is 0 Å². The van der Waals surface area contributed by atoms with Crippen molar-refractivity contribution in [3.8, 4) is 11.5 Å². The predicted molar refractivity (Wildman–Crippen MR) is 109 cm³/mol. The molecule has 0 unspecified atom stereocenters. The molecule has 7 nitrogen and oxygen atoms in total. The Labute approximate surface area is 177 Å². The van der Waals surface area contributed by atoms with Crippen LogP contribution in [0.2, 0.25) is 0 Å². The normalized spacial score (nSPS) is 16.6. The van der Waals surface area contributed by atoms with E-state index in [1.54, 1.807) is 6.07 Å². The largest absolute Gasteiger partial charge is 0.486 e. The van der Waals surface area contributed by atoms with Crippen molar-refractivity contribution < 1.29 is 23.8 Å². The van der Waals surface area contributed by atoms with Crippen molar-refractivity contribution in [3.05, 3.63) is 46.2 Å². The molecule has 2 aliphatic rings. The molecule has 2 aliphatic heterocycles. The van der Waals surface area contributed by atoms with Gasteiger partial charge in [0.25, 0.3) is 0 Å². The minimum Gasteiger partial charge on any atom is -0.486 e. The number of amides is 1. The van der Waals surface area contributed by atoms with Gasteiger partial charge in [0, 0.05) is 29.8 Å². The SMILES string of the molecule is COC(=O)c1cccn1C1CCN(C(=O)Cc2cc3c(cc2Br)OCCO3)CC1. The van der Waals surface area contributed by atoms with Gasteiger partial charge in [-0.3, -0.25) is 4.79 Å². The number of aromatic nitrogens is 1. The highest BCUT2D eigenvalue weighted by Gasteiger charge is 2.27. The van der Waals surface area contributed by atoms with Gasteiger partial charge in [-0.05, 0) is 42.7 Å². The van der Waals surface area contributed by atoms with Gasteiger partial charge in [0.1, 0.15) is 18.9 Å². The third-order valence-electron chi connectivity index (χ3n) is 5.44. The van der Waals surface area contributed by atoms with Crippen LogP contribution in [-0.2, 0) is 16.0 Å². The Hall–Kier alpha value is -2.48. The highest BCUT2D eigenvalue weighted by Crippen LogP contribution is 2.36. The fourth-order valence-corrected chi connectivity index (χ4v) is 4.36. The number of likely N-dealkylation sites (tertiary alicyclic amines) is 1. The summed E-state index contributed by atoms with van der Waals surface area (Å²) in [6.45, 7) is 2.36. The molecule has 0 saturated carbocycles. The average molecular weight is 463 g/mol. The zero-order valence-electron chi connectivity index (χ0n) is 16.2. The van der Waals surface area contributed by atoms with Crippen LogP contribution in [0.1, 0.15) is 34.9 Å². The van der Waals surface area contributed by atoms with E-state index in [1.807, 2.05) is 33.9 Å². The Morgan fingerprint density at radius 1 is 1.17 bits per heavy atom. The first-order valence-corrected chi connectivity index (χ1v) is 10.5. The summed E-state index contributed by atoms with van der Waals surface area (Å²) in [7, 11) is 1.39. The lowest BCUT2D eigenvalue weighted by atomic mass is 10.0. The van der Waals surface area contributed by atoms with E-state index >= 15 is 0 Å². The monoisotopic (exact) mass is 462 g/mol. The van der Waals surface area contributed by atoms with E-state index in [2.05, 4.69) is 15.9 Å². The molecule has 1 aromatic heterocycles. The minimum atomic E-state index is -0.336. The highest BCUT2D eigenvalue weighted by molar-refractivity contribution is 9.10. The average Bonchev–Trinajstić information content (AvgIpc) is 3.23. The van der Waals surface area contributed by atoms with Gasteiger partial charge >= 0.3 is 5.97 Å². The number of benzene rings is 1. The van der Waals surface area contributed by atoms with Crippen LogP contribution in [-0.4, -0.2) is 54.8 Å². The molecule has 0 N–H and O–H groups in total. The van der Waals surface area contributed by atoms with E-state index in [1.165, 1.54) is 7.11 Å². The van der Waals surface area contributed by atoms with Crippen molar-refractivity contribution in [3.63, 3.8) is 0 Å². The number of esters is 1. The molecule has 4 rings (SSSR count). The second kappa shape index (κ2) is 8.49. The van der Waals surface area contributed by atoms with Gasteiger partial charge in [0.2, 0.25) is 5.91 Å². The molecule has 1 amide bonds. The molecule has 0 radical (unpaired) electrons. The molecular weight excluding hydrogens is 440 g/mol. The van der Waals surface area contributed by atoms with Gasteiger partial charge < -0.3 is 23.7 Å². The van der Waals surface area contributed by atoms with Crippen LogP contribution < -0.4 is 9.47 Å². The van der Waals surface area contributed by atoms with E-state index < -0.39 is 0 Å². The van der Waals surface area contributed by atoms with E-state index in [0.717, 1.165) is 22.9 Å². The molecule has 29 heavy (non-hydrogen) atoms. The van der Waals surface area contributed by atoms with Crippen LogP contribution in [0.4, 0.5) is 0 Å². The lowest BCUT2D eigenvalue weighted by Crippen LogP contribution is -2.40. The first-order chi connectivity index (χ1) is 14.1. The number of rotatable bonds is 4. The quantitative estimate of drug-likeness (QED) is 0.652. The molecule has 154 valence electrons. The van der Waals surface area contributed by atoms with Crippen LogP contribution in [0.15, 0.2) is 34.9 Å². The first kappa shape index (κ1) is 19.8. The second-order valence-electron chi connectivity index (χ2n) is 7.17. The lowest BCUT2D eigenvalue weighted by molar-refractivity contribution is -0.131. The number of nitrogens with zero attached hydrogens (tertiary/aromatic N) is 2. The molecule has 1 aromatic carbocycles. The van der Waals surface area contributed by atoms with Gasteiger partial charge in [-0.15, -0.1) is 0 Å². The van der Waals surface area contributed by atoms with E-state index in [0.29, 0.717) is 49.9 Å². The van der Waals surface area contributed by atoms with Crippen LogP contribution in [0.3, 0.4) is 0 Å². The van der Waals surface area contributed by atoms with E-state index in [-0.39, 0.29) is 17.9 Å². The van der Waals surface area contributed by atoms with Crippen molar-refractivity contribution in [2.45, 2.75) is 25.3 Å². The fourth-order valence-electron chi connectivity index (χ4n) is 3.90. The summed E-state index contributed by atoms with van der Waals surface area (Å²) in [5.74, 6) is 1.13. The van der Waals surface area contributed by atoms with E-state index in [9.17, 15) is 9.59 Å². The molecule has 8 heteroatoms. The highest BCUT2D eigenvalue weighted by atomic mass is 79.9. The molecule has 1 saturated heterocycles. The summed E-state index contributed by atoms with van der Waals surface area (Å²) in [6, 6.07) is 7.55. The summed E-state index contributed by atoms with van der Waals surface area (Å²) in [4.78, 5) is 26.7. The van der Waals surface area contributed by atoms with Crippen molar-refractivity contribution in [1.82, 2.24) is 9.47 Å². The van der Waals surface area contributed by atoms with Crippen LogP contribution >= 0.6 is 15.9 Å². The summed E-state index contributed by atoms with van der Waals surface area (Å²) in [5, 5.41) is 0. The Morgan fingerprint density at radius 2 is 1.86 bits per heavy atom. The topological polar surface area (TPSA) is 70.0 Å². The Bertz CT molecular complexity index is 918. The van der Waals surface area contributed by atoms with Crippen LogP contribution in [0, 0.1) is 0 Å². The minimum absolute atomic E-state index is 0.0847. The molecule has 3 heterocycles. The number of hydrogen-bond acceptors (Lipinski definition) is 5. The second-order valence-corrected chi connectivity index (χ2v) is 8.02. The molecule has 0 atom stereocenters. The molecule has 0 spiro atoms. The maximum Gasteiger partial charge on any atom is 0.354 e. The smallest absolute Gasteiger partial charge is 0.354 e. The number of halogens is 1. The number of hydrogen-bond donors (Lipinski definition) is 0. The molecule has 0 aliphatic carbocycles. The number of carbonyl (C=O) groups is 2. The third kappa shape index (κ3) is 4.12. The van der Waals surface area contributed by atoms with Gasteiger partial charge in [-0.25, -0.2) is 4.79 Å². The fraction of sp³-hybridized carbons (Fsp3) is 0.429. The Balaban J connectivity index is 1.39. The van der Waals surface area contributed by atoms with Gasteiger partial charge in [-0.2, -0.15) is 0 Å².